The quantitative estimate of drug-likeness (QED) is 0.787. The largest absolute Gasteiger partial charge is 0.313 e. The molecule has 0 saturated heterocycles. The molecule has 1 N–H and O–H groups in total. The van der Waals surface area contributed by atoms with Crippen LogP contribution >= 0.6 is 11.8 Å². The molecule has 0 spiro atoms. The van der Waals surface area contributed by atoms with E-state index in [-0.39, 0.29) is 0 Å². The Morgan fingerprint density at radius 1 is 1.16 bits per heavy atom. The van der Waals surface area contributed by atoms with Crippen molar-refractivity contribution in [1.29, 1.82) is 0 Å². The zero-order chi connectivity index (χ0) is 14.3. The molecule has 0 bridgehead atoms. The van der Waals surface area contributed by atoms with Crippen LogP contribution in [-0.4, -0.2) is 44.1 Å². The molecule has 0 aromatic heterocycles. The van der Waals surface area contributed by atoms with Crippen molar-refractivity contribution in [2.24, 2.45) is 0 Å². The lowest BCUT2D eigenvalue weighted by Crippen LogP contribution is -2.27. The van der Waals surface area contributed by atoms with Gasteiger partial charge < -0.3 is 10.2 Å². The molecule has 19 heavy (non-hydrogen) atoms. The molecule has 0 radical (unpaired) electrons. The van der Waals surface area contributed by atoms with E-state index >= 15 is 0 Å². The molecule has 3 heteroatoms. The Hall–Kier alpha value is -0.510. The monoisotopic (exact) mass is 280 g/mol. The molecular weight excluding hydrogens is 252 g/mol. The number of benzene rings is 1. The van der Waals surface area contributed by atoms with Gasteiger partial charge in [0.15, 0.2) is 0 Å². The summed E-state index contributed by atoms with van der Waals surface area (Å²) in [5.41, 5.74) is 4.12. The van der Waals surface area contributed by atoms with E-state index in [4.69, 9.17) is 0 Å². The number of nitrogens with zero attached hydrogens (tertiary/aromatic N) is 1. The van der Waals surface area contributed by atoms with Gasteiger partial charge in [-0.3, -0.25) is 0 Å². The molecule has 1 aromatic rings. The second-order valence-corrected chi connectivity index (χ2v) is 6.33. The van der Waals surface area contributed by atoms with Crippen molar-refractivity contribution in [3.8, 4) is 0 Å². The van der Waals surface area contributed by atoms with Gasteiger partial charge in [-0.05, 0) is 52.7 Å². The van der Waals surface area contributed by atoms with E-state index in [0.29, 0.717) is 6.04 Å². The van der Waals surface area contributed by atoms with Crippen LogP contribution in [0.2, 0.25) is 0 Å². The first-order valence-corrected chi connectivity index (χ1v) is 8.39. The molecule has 1 rings (SSSR count). The zero-order valence-electron chi connectivity index (χ0n) is 13.0. The van der Waals surface area contributed by atoms with E-state index in [9.17, 15) is 0 Å². The molecule has 0 aliphatic rings. The maximum Gasteiger partial charge on any atom is 0.0329 e. The van der Waals surface area contributed by atoms with Crippen molar-refractivity contribution < 1.29 is 0 Å². The van der Waals surface area contributed by atoms with Crippen LogP contribution in [0, 0.1) is 13.8 Å². The third kappa shape index (κ3) is 5.98. The minimum absolute atomic E-state index is 0.454. The molecule has 108 valence electrons. The van der Waals surface area contributed by atoms with Crippen molar-refractivity contribution in [2.75, 3.05) is 39.2 Å². The van der Waals surface area contributed by atoms with Crippen molar-refractivity contribution in [3.63, 3.8) is 0 Å². The summed E-state index contributed by atoms with van der Waals surface area (Å²) in [5, 5.41) is 3.45. The van der Waals surface area contributed by atoms with Gasteiger partial charge in [0.2, 0.25) is 0 Å². The summed E-state index contributed by atoms with van der Waals surface area (Å²) < 4.78 is 0. The maximum absolute atomic E-state index is 3.45. The topological polar surface area (TPSA) is 15.3 Å². The second-order valence-electron chi connectivity index (χ2n) is 5.35. The third-order valence-corrected chi connectivity index (χ3v) is 4.06. The summed E-state index contributed by atoms with van der Waals surface area (Å²) in [5.74, 6) is 1.21. The smallest absolute Gasteiger partial charge is 0.0329 e. The van der Waals surface area contributed by atoms with Crippen LogP contribution in [0.3, 0.4) is 0 Å². The van der Waals surface area contributed by atoms with Gasteiger partial charge in [-0.1, -0.05) is 29.3 Å². The van der Waals surface area contributed by atoms with E-state index < -0.39 is 0 Å². The van der Waals surface area contributed by atoms with Crippen LogP contribution in [0.1, 0.15) is 29.2 Å². The first kappa shape index (κ1) is 16.5. The lowest BCUT2D eigenvalue weighted by atomic mass is 9.99. The van der Waals surface area contributed by atoms with Gasteiger partial charge >= 0.3 is 0 Å². The summed E-state index contributed by atoms with van der Waals surface area (Å²) in [7, 11) is 4.27. The molecule has 0 heterocycles. The van der Waals surface area contributed by atoms with E-state index in [1.54, 1.807) is 0 Å². The zero-order valence-corrected chi connectivity index (χ0v) is 13.8. The molecule has 1 aromatic carbocycles. The highest BCUT2D eigenvalue weighted by molar-refractivity contribution is 7.98. The molecule has 0 amide bonds. The van der Waals surface area contributed by atoms with Crippen molar-refractivity contribution in [1.82, 2.24) is 10.2 Å². The van der Waals surface area contributed by atoms with Gasteiger partial charge in [-0.2, -0.15) is 11.8 Å². The van der Waals surface area contributed by atoms with E-state index in [1.165, 1.54) is 29.0 Å². The second kappa shape index (κ2) is 8.62. The molecule has 1 unspecified atom stereocenters. The van der Waals surface area contributed by atoms with Gasteiger partial charge in [-0.25, -0.2) is 0 Å². The van der Waals surface area contributed by atoms with Gasteiger partial charge in [0, 0.05) is 18.3 Å². The van der Waals surface area contributed by atoms with Crippen LogP contribution in [0.4, 0.5) is 0 Å². The van der Waals surface area contributed by atoms with Crippen LogP contribution in [0.15, 0.2) is 18.2 Å². The van der Waals surface area contributed by atoms with Crippen molar-refractivity contribution >= 4 is 11.8 Å². The molecule has 0 aliphatic heterocycles. The Morgan fingerprint density at radius 3 is 2.32 bits per heavy atom. The first-order valence-electron chi connectivity index (χ1n) is 6.99. The predicted molar refractivity (Wildman–Crippen MR) is 88.2 cm³/mol. The Morgan fingerprint density at radius 2 is 1.79 bits per heavy atom. The van der Waals surface area contributed by atoms with Gasteiger partial charge in [0.05, 0.1) is 0 Å². The van der Waals surface area contributed by atoms with Crippen molar-refractivity contribution in [2.45, 2.75) is 26.3 Å². The molecule has 0 aliphatic carbocycles. The number of hydrogen-bond acceptors (Lipinski definition) is 3. The highest BCUT2D eigenvalue weighted by Gasteiger charge is 2.11. The van der Waals surface area contributed by atoms with Crippen LogP contribution in [-0.2, 0) is 0 Å². The van der Waals surface area contributed by atoms with E-state index in [2.05, 4.69) is 62.6 Å². The third-order valence-electron chi connectivity index (χ3n) is 3.47. The predicted octanol–water partition coefficient (Wildman–Crippen LogP) is 3.25. The van der Waals surface area contributed by atoms with Gasteiger partial charge in [-0.15, -0.1) is 0 Å². The molecule has 1 atom stereocenters. The van der Waals surface area contributed by atoms with Crippen LogP contribution in [0.25, 0.3) is 0 Å². The molecule has 0 saturated carbocycles. The van der Waals surface area contributed by atoms with E-state index in [0.717, 1.165) is 13.0 Å². The Bertz CT molecular complexity index is 359. The van der Waals surface area contributed by atoms with Gasteiger partial charge in [0.1, 0.15) is 0 Å². The average molecular weight is 280 g/mol. The maximum atomic E-state index is 3.45. The lowest BCUT2D eigenvalue weighted by Gasteiger charge is -2.22. The number of rotatable bonds is 8. The summed E-state index contributed by atoms with van der Waals surface area (Å²) in [6.45, 7) is 6.66. The summed E-state index contributed by atoms with van der Waals surface area (Å²) >= 11 is 1.91. The van der Waals surface area contributed by atoms with Crippen LogP contribution < -0.4 is 5.32 Å². The normalized spacial score (nSPS) is 12.9. The highest BCUT2D eigenvalue weighted by Crippen LogP contribution is 2.20. The lowest BCUT2D eigenvalue weighted by molar-refractivity contribution is 0.328. The number of nitrogens with one attached hydrogen (secondary N) is 1. The van der Waals surface area contributed by atoms with Crippen LogP contribution in [0.5, 0.6) is 0 Å². The fourth-order valence-corrected chi connectivity index (χ4v) is 2.89. The minimum atomic E-state index is 0.454. The van der Waals surface area contributed by atoms with Crippen molar-refractivity contribution in [3.05, 3.63) is 34.9 Å². The Balaban J connectivity index is 2.57. The highest BCUT2D eigenvalue weighted by atomic mass is 32.2. The van der Waals surface area contributed by atoms with Gasteiger partial charge in [0.25, 0.3) is 0 Å². The Labute approximate surface area is 123 Å². The fraction of sp³-hybridized carbons (Fsp3) is 0.625. The molecule has 0 fully saturated rings. The number of aryl methyl sites for hydroxylation is 2. The average Bonchev–Trinajstić information content (AvgIpc) is 2.36. The minimum Gasteiger partial charge on any atom is -0.313 e. The first-order chi connectivity index (χ1) is 9.06. The standard InChI is InChI=1S/C16H28N2S/c1-13-10-14(2)12-15(11-13)16(17-3)6-7-18(4)8-9-19-5/h10-12,16-17H,6-9H2,1-5H3. The summed E-state index contributed by atoms with van der Waals surface area (Å²) in [6.07, 6.45) is 3.32. The summed E-state index contributed by atoms with van der Waals surface area (Å²) in [6, 6.07) is 7.29. The fourth-order valence-electron chi connectivity index (χ4n) is 2.40. The molecular formula is C16H28N2S. The number of thioether (sulfide) groups is 1. The molecule has 2 nitrogen and oxygen atoms in total. The SMILES string of the molecule is CNC(CCN(C)CCSC)c1cc(C)cc(C)c1. The van der Waals surface area contributed by atoms with E-state index in [1.807, 2.05) is 11.8 Å². The number of hydrogen-bond donors (Lipinski definition) is 1. The Kier molecular flexibility index (Phi) is 7.51. The summed E-state index contributed by atoms with van der Waals surface area (Å²) in [4.78, 5) is 2.42.